The van der Waals surface area contributed by atoms with E-state index in [1.54, 1.807) is 7.11 Å². The van der Waals surface area contributed by atoms with E-state index >= 15 is 0 Å². The van der Waals surface area contributed by atoms with E-state index in [2.05, 4.69) is 91.9 Å². The van der Waals surface area contributed by atoms with Crippen molar-refractivity contribution in [2.24, 2.45) is 5.73 Å². The van der Waals surface area contributed by atoms with Gasteiger partial charge in [-0.25, -0.2) is 4.68 Å². The van der Waals surface area contributed by atoms with Crippen LogP contribution in [0.25, 0.3) is 5.69 Å². The Morgan fingerprint density at radius 1 is 1.00 bits per heavy atom. The summed E-state index contributed by atoms with van der Waals surface area (Å²) in [7, 11) is 1.75. The summed E-state index contributed by atoms with van der Waals surface area (Å²) in [4.78, 5) is 2.51. The summed E-state index contributed by atoms with van der Waals surface area (Å²) in [5, 5.41) is 4.96. The van der Waals surface area contributed by atoms with Crippen molar-refractivity contribution in [2.45, 2.75) is 71.0 Å². The number of nitrogens with zero attached hydrogens (tertiary/aromatic N) is 3. The largest absolute Gasteiger partial charge is 0.496 e. The van der Waals surface area contributed by atoms with Gasteiger partial charge in [-0.05, 0) is 61.1 Å². The molecule has 0 spiro atoms. The van der Waals surface area contributed by atoms with Gasteiger partial charge in [-0.2, -0.15) is 5.10 Å². The van der Waals surface area contributed by atoms with Crippen LogP contribution in [0.2, 0.25) is 0 Å². The molecule has 3 aromatic rings. The van der Waals surface area contributed by atoms with Gasteiger partial charge in [0.2, 0.25) is 0 Å². The molecule has 2 atom stereocenters. The molecule has 0 aliphatic carbocycles. The second-order valence-electron chi connectivity index (χ2n) is 9.84. The van der Waals surface area contributed by atoms with Crippen LogP contribution in [0.1, 0.15) is 80.9 Å². The molecule has 1 saturated heterocycles. The Hall–Kier alpha value is -2.09. The summed E-state index contributed by atoms with van der Waals surface area (Å²) < 4.78 is 7.89. The molecule has 0 bridgehead atoms. The molecular formula is C28H42Cl2N4O2. The number of aromatic nitrogens is 2. The van der Waals surface area contributed by atoms with Crippen LogP contribution in [-0.2, 0) is 6.54 Å². The Kier molecular flexibility index (Phi) is 12.4. The van der Waals surface area contributed by atoms with Crippen molar-refractivity contribution in [1.82, 2.24) is 14.7 Å². The molecule has 0 amide bonds. The quantitative estimate of drug-likeness (QED) is 0.412. The van der Waals surface area contributed by atoms with Crippen LogP contribution < -0.4 is 10.5 Å². The van der Waals surface area contributed by atoms with Crippen LogP contribution in [0, 0.1) is 0 Å². The number of piperidine rings is 1. The summed E-state index contributed by atoms with van der Waals surface area (Å²) >= 11 is 0. The Labute approximate surface area is 228 Å². The first-order valence-corrected chi connectivity index (χ1v) is 12.2. The van der Waals surface area contributed by atoms with Crippen molar-refractivity contribution in [3.63, 3.8) is 0 Å². The van der Waals surface area contributed by atoms with Gasteiger partial charge in [-0.3, -0.25) is 4.90 Å². The second-order valence-corrected chi connectivity index (χ2v) is 9.84. The zero-order chi connectivity index (χ0) is 23.5. The maximum Gasteiger partial charge on any atom is 0.123 e. The highest BCUT2D eigenvalue weighted by atomic mass is 35.5. The normalized spacial score (nSPS) is 17.8. The fourth-order valence-corrected chi connectivity index (χ4v) is 4.94. The molecule has 2 unspecified atom stereocenters. The number of rotatable bonds is 7. The van der Waals surface area contributed by atoms with Crippen LogP contribution in [0.3, 0.4) is 0 Å². The standard InChI is InChI=1S/C28H38N4O.2ClH.H2O/c1-19(2)25-17-26(20(3)4)32(30-25)23-13-14-27(33-5)22(16-23)18-31-15-9-12-24(29)28(31)21-10-7-6-8-11-21;;;/h6-8,10-11,13-14,16-17,19-20,24,28H,9,12,15,18,29H2,1-5H3;2*1H;1H2. The lowest BCUT2D eigenvalue weighted by molar-refractivity contribution is 0.119. The molecule has 1 fully saturated rings. The Morgan fingerprint density at radius 3 is 2.31 bits per heavy atom. The van der Waals surface area contributed by atoms with Gasteiger partial charge in [0, 0.05) is 23.8 Å². The molecular weight excluding hydrogens is 495 g/mol. The SMILES string of the molecule is COc1ccc(-n2nc(C(C)C)cc2C(C)C)cc1CN1CCCC(N)C1c1ccccc1.Cl.Cl.O. The molecule has 1 aromatic heterocycles. The zero-order valence-electron chi connectivity index (χ0n) is 22.0. The highest BCUT2D eigenvalue weighted by Crippen LogP contribution is 2.34. The number of likely N-dealkylation sites (tertiary alicyclic amines) is 1. The first-order chi connectivity index (χ1) is 15.9. The van der Waals surface area contributed by atoms with Crippen molar-refractivity contribution >= 4 is 24.8 Å². The van der Waals surface area contributed by atoms with E-state index in [-0.39, 0.29) is 42.4 Å². The smallest absolute Gasteiger partial charge is 0.123 e. The van der Waals surface area contributed by atoms with Gasteiger partial charge in [0.25, 0.3) is 0 Å². The van der Waals surface area contributed by atoms with Crippen molar-refractivity contribution in [2.75, 3.05) is 13.7 Å². The van der Waals surface area contributed by atoms with Crippen LogP contribution in [0.15, 0.2) is 54.6 Å². The first kappa shape index (κ1) is 31.9. The van der Waals surface area contributed by atoms with Gasteiger partial charge >= 0.3 is 0 Å². The molecule has 6 nitrogen and oxygen atoms in total. The van der Waals surface area contributed by atoms with Gasteiger partial charge in [-0.1, -0.05) is 58.0 Å². The molecule has 36 heavy (non-hydrogen) atoms. The number of ether oxygens (including phenoxy) is 1. The molecule has 4 N–H and O–H groups in total. The van der Waals surface area contributed by atoms with E-state index in [1.165, 1.54) is 16.8 Å². The number of methoxy groups -OCH3 is 1. The highest BCUT2D eigenvalue weighted by Gasteiger charge is 2.31. The van der Waals surface area contributed by atoms with Crippen LogP contribution in [0.4, 0.5) is 0 Å². The average molecular weight is 538 g/mol. The average Bonchev–Trinajstić information content (AvgIpc) is 3.26. The topological polar surface area (TPSA) is 87.8 Å². The van der Waals surface area contributed by atoms with Crippen molar-refractivity contribution in [1.29, 1.82) is 0 Å². The maximum absolute atomic E-state index is 6.64. The fraction of sp³-hybridized carbons (Fsp3) is 0.464. The van der Waals surface area contributed by atoms with Crippen LogP contribution >= 0.6 is 24.8 Å². The molecule has 2 aromatic carbocycles. The molecule has 0 radical (unpaired) electrons. The van der Waals surface area contributed by atoms with E-state index in [1.807, 2.05) is 0 Å². The first-order valence-electron chi connectivity index (χ1n) is 12.2. The third kappa shape index (κ3) is 6.81. The predicted octanol–water partition coefficient (Wildman–Crippen LogP) is 5.81. The minimum Gasteiger partial charge on any atom is -0.496 e. The number of hydrogen-bond acceptors (Lipinski definition) is 4. The van der Waals surface area contributed by atoms with Gasteiger partial charge in [0.05, 0.1) is 24.5 Å². The van der Waals surface area contributed by atoms with Gasteiger partial charge in [-0.15, -0.1) is 24.8 Å². The molecule has 2 heterocycles. The summed E-state index contributed by atoms with van der Waals surface area (Å²) in [6.07, 6.45) is 2.16. The summed E-state index contributed by atoms with van der Waals surface area (Å²) in [6.45, 7) is 10.7. The molecule has 1 aliphatic rings. The predicted molar refractivity (Wildman–Crippen MR) is 153 cm³/mol. The maximum atomic E-state index is 6.64. The van der Waals surface area contributed by atoms with Crippen LogP contribution in [-0.4, -0.2) is 39.9 Å². The van der Waals surface area contributed by atoms with Crippen molar-refractivity contribution in [3.05, 3.63) is 77.1 Å². The Bertz CT molecular complexity index is 1070. The van der Waals surface area contributed by atoms with Crippen molar-refractivity contribution in [3.8, 4) is 11.4 Å². The van der Waals surface area contributed by atoms with E-state index in [0.29, 0.717) is 11.8 Å². The van der Waals surface area contributed by atoms with E-state index in [9.17, 15) is 0 Å². The van der Waals surface area contributed by atoms with Gasteiger partial charge in [0.15, 0.2) is 0 Å². The Morgan fingerprint density at radius 2 is 1.69 bits per heavy atom. The minimum absolute atomic E-state index is 0. The van der Waals surface area contributed by atoms with Crippen molar-refractivity contribution < 1.29 is 10.2 Å². The van der Waals surface area contributed by atoms with E-state index in [0.717, 1.165) is 43.1 Å². The van der Waals surface area contributed by atoms with E-state index in [4.69, 9.17) is 15.6 Å². The lowest BCUT2D eigenvalue weighted by Crippen LogP contribution is -2.45. The lowest BCUT2D eigenvalue weighted by Gasteiger charge is -2.40. The fourth-order valence-electron chi connectivity index (χ4n) is 4.94. The highest BCUT2D eigenvalue weighted by molar-refractivity contribution is 5.85. The molecule has 4 rings (SSSR count). The summed E-state index contributed by atoms with van der Waals surface area (Å²) in [5.74, 6) is 1.69. The van der Waals surface area contributed by atoms with E-state index < -0.39 is 0 Å². The third-order valence-electron chi connectivity index (χ3n) is 6.74. The number of nitrogens with two attached hydrogens (primary N) is 1. The van der Waals surface area contributed by atoms with Gasteiger partial charge < -0.3 is 15.9 Å². The summed E-state index contributed by atoms with van der Waals surface area (Å²) in [5.41, 5.74) is 12.5. The van der Waals surface area contributed by atoms with Crippen LogP contribution in [0.5, 0.6) is 5.75 Å². The molecule has 1 aliphatic heterocycles. The minimum atomic E-state index is 0. The Balaban J connectivity index is 0.00000216. The molecule has 200 valence electrons. The zero-order valence-corrected chi connectivity index (χ0v) is 23.6. The lowest BCUT2D eigenvalue weighted by atomic mass is 9.90. The second kappa shape index (κ2) is 14.0. The van der Waals surface area contributed by atoms with Gasteiger partial charge in [0.1, 0.15) is 5.75 Å². The number of hydrogen-bond donors (Lipinski definition) is 1. The molecule has 0 saturated carbocycles. The third-order valence-corrected chi connectivity index (χ3v) is 6.74. The monoisotopic (exact) mass is 536 g/mol. The molecule has 8 heteroatoms. The number of benzene rings is 2. The summed E-state index contributed by atoms with van der Waals surface area (Å²) in [6, 6.07) is 19.7. The number of halogens is 2.